The van der Waals surface area contributed by atoms with E-state index in [2.05, 4.69) is 4.98 Å². The van der Waals surface area contributed by atoms with Crippen LogP contribution in [0.15, 0.2) is 18.5 Å². The molecule has 0 spiro atoms. The summed E-state index contributed by atoms with van der Waals surface area (Å²) < 4.78 is 5.00. The van der Waals surface area contributed by atoms with Crippen molar-refractivity contribution >= 4 is 18.1 Å². The van der Waals surface area contributed by atoms with Crippen LogP contribution in [0.2, 0.25) is 0 Å². The molecular weight excluding hydrogens is 154 g/mol. The fourth-order valence-electron chi connectivity index (χ4n) is 1.07. The van der Waals surface area contributed by atoms with Crippen LogP contribution in [-0.2, 0) is 9.53 Å². The third-order valence-corrected chi connectivity index (χ3v) is 1.64. The molecule has 12 heavy (non-hydrogen) atoms. The SMILES string of the molecule is O=C1C=c2cnccc2=COC1. The maximum absolute atomic E-state index is 11.0. The first-order valence-electron chi connectivity index (χ1n) is 3.63. The van der Waals surface area contributed by atoms with Crippen molar-refractivity contribution in [2.24, 2.45) is 0 Å². The molecule has 0 saturated carbocycles. The van der Waals surface area contributed by atoms with Crippen LogP contribution in [0.4, 0.5) is 0 Å². The Balaban J connectivity index is 2.76. The second-order valence-corrected chi connectivity index (χ2v) is 2.54. The molecule has 1 aromatic heterocycles. The molecule has 2 rings (SSSR count). The van der Waals surface area contributed by atoms with E-state index in [-0.39, 0.29) is 12.4 Å². The van der Waals surface area contributed by atoms with Gasteiger partial charge in [-0.1, -0.05) is 0 Å². The molecule has 60 valence electrons. The third-order valence-electron chi connectivity index (χ3n) is 1.64. The minimum Gasteiger partial charge on any atom is -0.492 e. The van der Waals surface area contributed by atoms with Crippen molar-refractivity contribution in [1.29, 1.82) is 0 Å². The first-order valence-corrected chi connectivity index (χ1v) is 3.63. The van der Waals surface area contributed by atoms with Crippen molar-refractivity contribution in [3.8, 4) is 0 Å². The Bertz CT molecular complexity index is 422. The van der Waals surface area contributed by atoms with Crippen LogP contribution in [0.1, 0.15) is 0 Å². The number of ether oxygens (including phenoxy) is 1. The third kappa shape index (κ3) is 1.21. The van der Waals surface area contributed by atoms with E-state index in [1.54, 1.807) is 24.7 Å². The molecule has 0 bridgehead atoms. The van der Waals surface area contributed by atoms with E-state index < -0.39 is 0 Å². The van der Waals surface area contributed by atoms with Gasteiger partial charge in [-0.05, 0) is 12.1 Å². The lowest BCUT2D eigenvalue weighted by molar-refractivity contribution is -0.115. The van der Waals surface area contributed by atoms with Gasteiger partial charge >= 0.3 is 0 Å². The highest BCUT2D eigenvalue weighted by atomic mass is 16.5. The van der Waals surface area contributed by atoms with Crippen molar-refractivity contribution in [3.05, 3.63) is 28.9 Å². The zero-order valence-corrected chi connectivity index (χ0v) is 6.36. The van der Waals surface area contributed by atoms with Gasteiger partial charge in [0.05, 0.1) is 6.26 Å². The fraction of sp³-hybridized carbons (Fsp3) is 0.111. The van der Waals surface area contributed by atoms with E-state index in [9.17, 15) is 4.79 Å². The second kappa shape index (κ2) is 2.77. The van der Waals surface area contributed by atoms with E-state index >= 15 is 0 Å². The molecule has 0 amide bonds. The summed E-state index contributed by atoms with van der Waals surface area (Å²) in [5, 5.41) is 1.72. The standard InChI is InChI=1S/C9H7NO2/c11-9-3-8-4-10-2-1-7(8)5-12-6-9/h1-5H,6H2. The molecule has 1 aliphatic rings. The number of carbonyl (C=O) groups is 1. The van der Waals surface area contributed by atoms with Gasteiger partial charge in [-0.2, -0.15) is 0 Å². The molecule has 3 nitrogen and oxygen atoms in total. The van der Waals surface area contributed by atoms with Crippen molar-refractivity contribution in [2.45, 2.75) is 0 Å². The number of hydrogen-bond donors (Lipinski definition) is 0. The molecule has 3 heteroatoms. The van der Waals surface area contributed by atoms with E-state index in [1.807, 2.05) is 6.07 Å². The number of nitrogens with zero attached hydrogens (tertiary/aromatic N) is 1. The largest absolute Gasteiger partial charge is 0.492 e. The zero-order valence-electron chi connectivity index (χ0n) is 6.36. The number of aromatic nitrogens is 1. The second-order valence-electron chi connectivity index (χ2n) is 2.54. The highest BCUT2D eigenvalue weighted by Gasteiger charge is 1.99. The van der Waals surface area contributed by atoms with Crippen molar-refractivity contribution in [1.82, 2.24) is 4.98 Å². The highest BCUT2D eigenvalue weighted by molar-refractivity contribution is 6.07. The van der Waals surface area contributed by atoms with Gasteiger partial charge in [0.1, 0.15) is 6.61 Å². The van der Waals surface area contributed by atoms with Gasteiger partial charge in [-0.3, -0.25) is 9.78 Å². The van der Waals surface area contributed by atoms with Gasteiger partial charge in [0.2, 0.25) is 0 Å². The highest BCUT2D eigenvalue weighted by Crippen LogP contribution is 1.83. The lowest BCUT2D eigenvalue weighted by atomic mass is 10.3. The number of Topliss-reactive ketones (excluding diaryl/α,β-unsaturated/α-hetero) is 1. The average Bonchev–Trinajstić information content (AvgIpc) is 2.25. The lowest BCUT2D eigenvalue weighted by Gasteiger charge is -1.90. The molecule has 0 fully saturated rings. The monoisotopic (exact) mass is 161 g/mol. The maximum Gasteiger partial charge on any atom is 0.193 e. The Morgan fingerprint density at radius 1 is 1.42 bits per heavy atom. The van der Waals surface area contributed by atoms with Crippen LogP contribution < -0.4 is 10.4 Å². The summed E-state index contributed by atoms with van der Waals surface area (Å²) in [7, 11) is 0. The smallest absolute Gasteiger partial charge is 0.193 e. The molecule has 0 radical (unpaired) electrons. The summed E-state index contributed by atoms with van der Waals surface area (Å²) in [4.78, 5) is 14.9. The van der Waals surface area contributed by atoms with Gasteiger partial charge in [0.15, 0.2) is 5.78 Å². The van der Waals surface area contributed by atoms with Crippen LogP contribution in [0.5, 0.6) is 0 Å². The van der Waals surface area contributed by atoms with E-state index in [0.717, 1.165) is 10.4 Å². The van der Waals surface area contributed by atoms with Crippen LogP contribution in [0, 0.1) is 0 Å². The molecule has 0 N–H and O–H groups in total. The van der Waals surface area contributed by atoms with E-state index in [4.69, 9.17) is 4.74 Å². The predicted octanol–water partition coefficient (Wildman–Crippen LogP) is -0.801. The summed E-state index contributed by atoms with van der Waals surface area (Å²) in [6.45, 7) is 0.120. The maximum atomic E-state index is 11.0. The number of rotatable bonds is 0. The molecular formula is C9H7NO2. The minimum absolute atomic E-state index is 0.0296. The molecule has 0 aromatic carbocycles. The summed E-state index contributed by atoms with van der Waals surface area (Å²) in [6.07, 6.45) is 6.45. The van der Waals surface area contributed by atoms with Gasteiger partial charge in [-0.25, -0.2) is 0 Å². The molecule has 0 atom stereocenters. The van der Waals surface area contributed by atoms with Crippen molar-refractivity contribution in [2.75, 3.05) is 6.61 Å². The number of hydrogen-bond acceptors (Lipinski definition) is 3. The van der Waals surface area contributed by atoms with Crippen molar-refractivity contribution < 1.29 is 9.53 Å². The van der Waals surface area contributed by atoms with Crippen molar-refractivity contribution in [3.63, 3.8) is 0 Å². The molecule has 0 saturated heterocycles. The Labute approximate surface area is 69.0 Å². The predicted molar refractivity (Wildman–Crippen MR) is 43.4 cm³/mol. The summed E-state index contributed by atoms with van der Waals surface area (Å²) in [5.74, 6) is -0.0296. The first-order chi connectivity index (χ1) is 5.86. The van der Waals surface area contributed by atoms with Crippen LogP contribution in [-0.4, -0.2) is 17.4 Å². The Morgan fingerprint density at radius 3 is 3.25 bits per heavy atom. The Hall–Kier alpha value is -1.64. The van der Waals surface area contributed by atoms with E-state index in [0.29, 0.717) is 0 Å². The van der Waals surface area contributed by atoms with Gasteiger partial charge in [0, 0.05) is 22.8 Å². The summed E-state index contributed by atoms with van der Waals surface area (Å²) >= 11 is 0. The Kier molecular flexibility index (Phi) is 1.63. The topological polar surface area (TPSA) is 39.2 Å². The molecule has 2 heterocycles. The molecule has 1 aliphatic heterocycles. The van der Waals surface area contributed by atoms with Crippen LogP contribution in [0.3, 0.4) is 0 Å². The lowest BCUT2D eigenvalue weighted by Crippen LogP contribution is -2.24. The fourth-order valence-corrected chi connectivity index (χ4v) is 1.07. The molecule has 0 unspecified atom stereocenters. The quantitative estimate of drug-likeness (QED) is 0.500. The summed E-state index contributed by atoms with van der Waals surface area (Å²) in [6, 6.07) is 1.81. The number of ketones is 1. The Morgan fingerprint density at radius 2 is 2.33 bits per heavy atom. The molecule has 0 aliphatic carbocycles. The van der Waals surface area contributed by atoms with Gasteiger partial charge in [-0.15, -0.1) is 0 Å². The number of pyridine rings is 1. The first kappa shape index (κ1) is 7.03. The van der Waals surface area contributed by atoms with E-state index in [1.165, 1.54) is 0 Å². The van der Waals surface area contributed by atoms with Gasteiger partial charge < -0.3 is 4.74 Å². The zero-order chi connectivity index (χ0) is 8.39. The minimum atomic E-state index is -0.0296. The number of carbonyl (C=O) groups excluding carboxylic acids is 1. The molecule has 1 aromatic rings. The summed E-state index contributed by atoms with van der Waals surface area (Å²) in [5.41, 5.74) is 0. The van der Waals surface area contributed by atoms with Crippen LogP contribution in [0.25, 0.3) is 12.3 Å². The average molecular weight is 161 g/mol. The van der Waals surface area contributed by atoms with Crippen LogP contribution >= 0.6 is 0 Å². The number of fused-ring (bicyclic) bond motifs is 1. The normalized spacial score (nSPS) is 14.8. The van der Waals surface area contributed by atoms with Gasteiger partial charge in [0.25, 0.3) is 0 Å².